The van der Waals surface area contributed by atoms with Crippen LogP contribution in [0.25, 0.3) is 0 Å². The molecule has 0 unspecified atom stereocenters. The summed E-state index contributed by atoms with van der Waals surface area (Å²) in [7, 11) is 0. The molecule has 1 aliphatic rings. The fourth-order valence-electron chi connectivity index (χ4n) is 2.82. The van der Waals surface area contributed by atoms with Crippen LogP contribution in [0.5, 0.6) is 5.75 Å². The van der Waals surface area contributed by atoms with Crippen molar-refractivity contribution in [2.24, 2.45) is 0 Å². The van der Waals surface area contributed by atoms with Gasteiger partial charge in [-0.1, -0.05) is 13.0 Å². The van der Waals surface area contributed by atoms with Gasteiger partial charge in [-0.3, -0.25) is 4.90 Å². The standard InChI is InChI=1S/C17H28N2O2/c1-3-19-8-6-14-10-15(12-18-7-5-9-20)17(21-4-2)11-16(14)13-19/h10-11,18,20H,3-9,12-13H2,1-2H3. The molecule has 1 aromatic rings. The quantitative estimate of drug-likeness (QED) is 0.719. The second kappa shape index (κ2) is 8.37. The lowest BCUT2D eigenvalue weighted by molar-refractivity contribution is 0.266. The Hall–Kier alpha value is -1.10. The van der Waals surface area contributed by atoms with Crippen molar-refractivity contribution < 1.29 is 9.84 Å². The van der Waals surface area contributed by atoms with Gasteiger partial charge in [0.15, 0.2) is 0 Å². The van der Waals surface area contributed by atoms with Gasteiger partial charge in [0.1, 0.15) is 5.75 Å². The van der Waals surface area contributed by atoms with E-state index in [1.807, 2.05) is 6.92 Å². The molecule has 1 aromatic carbocycles. The zero-order chi connectivity index (χ0) is 15.1. The first-order valence-corrected chi connectivity index (χ1v) is 8.09. The lowest BCUT2D eigenvalue weighted by atomic mass is 9.96. The summed E-state index contributed by atoms with van der Waals surface area (Å²) in [5, 5.41) is 12.2. The van der Waals surface area contributed by atoms with Crippen LogP contribution in [-0.2, 0) is 19.5 Å². The van der Waals surface area contributed by atoms with Gasteiger partial charge in [0, 0.05) is 31.8 Å². The Morgan fingerprint density at radius 3 is 2.86 bits per heavy atom. The van der Waals surface area contributed by atoms with Crippen molar-refractivity contribution in [3.8, 4) is 5.75 Å². The largest absolute Gasteiger partial charge is 0.494 e. The van der Waals surface area contributed by atoms with E-state index >= 15 is 0 Å². The number of ether oxygens (including phenoxy) is 1. The normalized spacial score (nSPS) is 15.0. The van der Waals surface area contributed by atoms with Crippen LogP contribution in [0.15, 0.2) is 12.1 Å². The summed E-state index contributed by atoms with van der Waals surface area (Å²) in [6.45, 7) is 10.1. The predicted molar refractivity (Wildman–Crippen MR) is 85.7 cm³/mol. The van der Waals surface area contributed by atoms with Gasteiger partial charge < -0.3 is 15.2 Å². The van der Waals surface area contributed by atoms with Gasteiger partial charge in [-0.05, 0) is 50.0 Å². The first kappa shape index (κ1) is 16.3. The van der Waals surface area contributed by atoms with Crippen molar-refractivity contribution in [1.82, 2.24) is 10.2 Å². The topological polar surface area (TPSA) is 44.7 Å². The van der Waals surface area contributed by atoms with Crippen LogP contribution in [0.2, 0.25) is 0 Å². The summed E-state index contributed by atoms with van der Waals surface area (Å²) in [4.78, 5) is 2.47. The summed E-state index contributed by atoms with van der Waals surface area (Å²) in [6, 6.07) is 4.53. The molecule has 21 heavy (non-hydrogen) atoms. The fraction of sp³-hybridized carbons (Fsp3) is 0.647. The lowest BCUT2D eigenvalue weighted by Gasteiger charge is -2.28. The highest BCUT2D eigenvalue weighted by atomic mass is 16.5. The Morgan fingerprint density at radius 2 is 2.14 bits per heavy atom. The zero-order valence-electron chi connectivity index (χ0n) is 13.3. The van der Waals surface area contributed by atoms with Crippen LogP contribution < -0.4 is 10.1 Å². The Kier molecular flexibility index (Phi) is 6.49. The van der Waals surface area contributed by atoms with E-state index in [1.165, 1.54) is 16.7 Å². The van der Waals surface area contributed by atoms with E-state index in [2.05, 4.69) is 29.3 Å². The molecule has 0 bridgehead atoms. The summed E-state index contributed by atoms with van der Waals surface area (Å²) in [6.07, 6.45) is 1.92. The van der Waals surface area contributed by atoms with Gasteiger partial charge in [-0.25, -0.2) is 0 Å². The van der Waals surface area contributed by atoms with E-state index in [9.17, 15) is 0 Å². The highest BCUT2D eigenvalue weighted by Gasteiger charge is 2.17. The second-order valence-corrected chi connectivity index (χ2v) is 5.53. The molecule has 118 valence electrons. The van der Waals surface area contributed by atoms with E-state index in [1.54, 1.807) is 0 Å². The van der Waals surface area contributed by atoms with Crippen LogP contribution in [0.1, 0.15) is 37.0 Å². The van der Waals surface area contributed by atoms with Crippen molar-refractivity contribution in [3.63, 3.8) is 0 Å². The van der Waals surface area contributed by atoms with Crippen LogP contribution in [-0.4, -0.2) is 42.9 Å². The maximum atomic E-state index is 8.84. The highest BCUT2D eigenvalue weighted by molar-refractivity contribution is 5.44. The molecular weight excluding hydrogens is 264 g/mol. The number of hydrogen-bond acceptors (Lipinski definition) is 4. The maximum Gasteiger partial charge on any atom is 0.124 e. The van der Waals surface area contributed by atoms with E-state index in [0.717, 1.165) is 51.3 Å². The van der Waals surface area contributed by atoms with E-state index in [0.29, 0.717) is 6.61 Å². The van der Waals surface area contributed by atoms with Crippen LogP contribution in [0, 0.1) is 0 Å². The highest BCUT2D eigenvalue weighted by Crippen LogP contribution is 2.28. The number of nitrogens with zero attached hydrogens (tertiary/aromatic N) is 1. The summed E-state index contributed by atoms with van der Waals surface area (Å²) in [5.74, 6) is 1.01. The molecule has 1 aliphatic heterocycles. The summed E-state index contributed by atoms with van der Waals surface area (Å²) in [5.41, 5.74) is 4.10. The van der Waals surface area contributed by atoms with Gasteiger partial charge in [0.2, 0.25) is 0 Å². The van der Waals surface area contributed by atoms with E-state index in [4.69, 9.17) is 9.84 Å². The Balaban J connectivity index is 2.12. The third kappa shape index (κ3) is 4.43. The van der Waals surface area contributed by atoms with Crippen LogP contribution >= 0.6 is 0 Å². The minimum absolute atomic E-state index is 0.238. The summed E-state index contributed by atoms with van der Waals surface area (Å²) < 4.78 is 5.82. The number of rotatable bonds is 8. The Labute approximate surface area is 128 Å². The number of fused-ring (bicyclic) bond motifs is 1. The number of aliphatic hydroxyl groups excluding tert-OH is 1. The third-order valence-electron chi connectivity index (χ3n) is 4.05. The first-order chi connectivity index (χ1) is 10.3. The molecule has 1 heterocycles. The molecule has 0 saturated heterocycles. The molecular formula is C17H28N2O2. The lowest BCUT2D eigenvalue weighted by Crippen LogP contribution is -2.30. The van der Waals surface area contributed by atoms with Gasteiger partial charge >= 0.3 is 0 Å². The number of hydrogen-bond donors (Lipinski definition) is 2. The van der Waals surface area contributed by atoms with Crippen molar-refractivity contribution in [2.45, 2.75) is 39.8 Å². The molecule has 0 saturated carbocycles. The summed E-state index contributed by atoms with van der Waals surface area (Å²) >= 11 is 0. The van der Waals surface area contributed by atoms with Crippen molar-refractivity contribution >= 4 is 0 Å². The number of likely N-dealkylation sites (N-methyl/N-ethyl adjacent to an activating group) is 1. The number of nitrogens with one attached hydrogen (secondary N) is 1. The molecule has 4 nitrogen and oxygen atoms in total. The van der Waals surface area contributed by atoms with E-state index < -0.39 is 0 Å². The smallest absolute Gasteiger partial charge is 0.124 e. The molecule has 0 fully saturated rings. The van der Waals surface area contributed by atoms with Crippen molar-refractivity contribution in [3.05, 3.63) is 28.8 Å². The Bertz CT molecular complexity index is 449. The average molecular weight is 292 g/mol. The van der Waals surface area contributed by atoms with Gasteiger partial charge in [0.25, 0.3) is 0 Å². The fourth-order valence-corrected chi connectivity index (χ4v) is 2.82. The minimum Gasteiger partial charge on any atom is -0.494 e. The predicted octanol–water partition coefficient (Wildman–Crippen LogP) is 1.94. The molecule has 2 N–H and O–H groups in total. The molecule has 0 aromatic heterocycles. The SMILES string of the molecule is CCOc1cc2c(cc1CNCCCO)CCN(CC)C2. The second-order valence-electron chi connectivity index (χ2n) is 5.53. The van der Waals surface area contributed by atoms with Crippen LogP contribution in [0.4, 0.5) is 0 Å². The first-order valence-electron chi connectivity index (χ1n) is 8.09. The van der Waals surface area contributed by atoms with Crippen molar-refractivity contribution in [2.75, 3.05) is 32.8 Å². The Morgan fingerprint density at radius 1 is 1.29 bits per heavy atom. The molecule has 0 atom stereocenters. The minimum atomic E-state index is 0.238. The number of benzene rings is 1. The molecule has 2 rings (SSSR count). The van der Waals surface area contributed by atoms with Crippen LogP contribution in [0.3, 0.4) is 0 Å². The zero-order valence-corrected chi connectivity index (χ0v) is 13.3. The van der Waals surface area contributed by atoms with E-state index in [-0.39, 0.29) is 6.61 Å². The molecule has 0 aliphatic carbocycles. The number of aliphatic hydroxyl groups is 1. The van der Waals surface area contributed by atoms with Crippen molar-refractivity contribution in [1.29, 1.82) is 0 Å². The van der Waals surface area contributed by atoms with Gasteiger partial charge in [-0.15, -0.1) is 0 Å². The van der Waals surface area contributed by atoms with Gasteiger partial charge in [-0.2, -0.15) is 0 Å². The monoisotopic (exact) mass is 292 g/mol. The van der Waals surface area contributed by atoms with Gasteiger partial charge in [0.05, 0.1) is 6.61 Å². The maximum absolute atomic E-state index is 8.84. The molecule has 0 amide bonds. The molecule has 0 radical (unpaired) electrons. The molecule has 4 heteroatoms. The molecule has 0 spiro atoms. The average Bonchev–Trinajstić information content (AvgIpc) is 2.51. The third-order valence-corrected chi connectivity index (χ3v) is 4.05.